The van der Waals surface area contributed by atoms with E-state index in [4.69, 9.17) is 4.74 Å². The number of carbonyl (C=O) groups is 1. The molecule has 0 spiro atoms. The first-order chi connectivity index (χ1) is 9.53. The van der Waals surface area contributed by atoms with E-state index >= 15 is 0 Å². The van der Waals surface area contributed by atoms with Crippen molar-refractivity contribution in [2.45, 2.75) is 45.4 Å². The van der Waals surface area contributed by atoms with E-state index in [2.05, 4.69) is 32.9 Å². The second kappa shape index (κ2) is 4.61. The van der Waals surface area contributed by atoms with Crippen LogP contribution in [0, 0.1) is 17.8 Å². The van der Waals surface area contributed by atoms with Gasteiger partial charge in [0.15, 0.2) is 0 Å². The smallest absolute Gasteiger partial charge is 0.146 e. The van der Waals surface area contributed by atoms with Crippen molar-refractivity contribution in [2.75, 3.05) is 7.11 Å². The zero-order valence-corrected chi connectivity index (χ0v) is 12.9. The van der Waals surface area contributed by atoms with E-state index in [0.717, 1.165) is 25.0 Å². The van der Waals surface area contributed by atoms with Crippen LogP contribution in [0.1, 0.15) is 44.7 Å². The monoisotopic (exact) mass is 272 g/mol. The number of hydrogen-bond donors (Lipinski definition) is 0. The highest BCUT2D eigenvalue weighted by atomic mass is 16.5. The Kier molecular flexibility index (Phi) is 3.15. The highest BCUT2D eigenvalue weighted by molar-refractivity contribution is 5.95. The quantitative estimate of drug-likeness (QED) is 0.819. The molecule has 0 N–H and O–H groups in total. The lowest BCUT2D eigenvalue weighted by Gasteiger charge is -2.38. The lowest BCUT2D eigenvalue weighted by Crippen LogP contribution is -2.39. The Bertz CT molecular complexity index is 548. The van der Waals surface area contributed by atoms with Crippen molar-refractivity contribution >= 4 is 5.78 Å². The fourth-order valence-electron chi connectivity index (χ4n) is 4.78. The van der Waals surface area contributed by atoms with Crippen molar-refractivity contribution in [1.82, 2.24) is 0 Å². The molecule has 1 fully saturated rings. The molecular formula is C18H24O2. The van der Waals surface area contributed by atoms with Crippen molar-refractivity contribution in [3.05, 3.63) is 29.3 Å². The summed E-state index contributed by atoms with van der Waals surface area (Å²) in [5.41, 5.74) is 2.28. The van der Waals surface area contributed by atoms with Crippen LogP contribution in [0.3, 0.4) is 0 Å². The molecule has 4 atom stereocenters. The molecule has 0 saturated heterocycles. The van der Waals surface area contributed by atoms with Crippen molar-refractivity contribution < 1.29 is 9.53 Å². The number of ether oxygens (including phenoxy) is 1. The summed E-state index contributed by atoms with van der Waals surface area (Å²) in [7, 11) is 1.70. The molecule has 0 heterocycles. The van der Waals surface area contributed by atoms with Gasteiger partial charge in [-0.2, -0.15) is 0 Å². The van der Waals surface area contributed by atoms with Crippen LogP contribution in [-0.4, -0.2) is 12.9 Å². The van der Waals surface area contributed by atoms with Gasteiger partial charge in [0.1, 0.15) is 11.5 Å². The molecule has 0 aromatic heterocycles. The Labute approximate surface area is 121 Å². The highest BCUT2D eigenvalue weighted by Gasteiger charge is 2.57. The third-order valence-corrected chi connectivity index (χ3v) is 5.90. The number of benzene rings is 1. The van der Waals surface area contributed by atoms with E-state index in [-0.39, 0.29) is 11.3 Å². The van der Waals surface area contributed by atoms with Crippen LogP contribution in [0.2, 0.25) is 0 Å². The normalized spacial score (nSPS) is 35.6. The summed E-state index contributed by atoms with van der Waals surface area (Å²) in [6.07, 6.45) is 3.17. The van der Waals surface area contributed by atoms with Crippen LogP contribution in [0.5, 0.6) is 5.75 Å². The van der Waals surface area contributed by atoms with Gasteiger partial charge < -0.3 is 4.74 Å². The Balaban J connectivity index is 2.12. The molecule has 0 aliphatic heterocycles. The van der Waals surface area contributed by atoms with Crippen molar-refractivity contribution in [2.24, 2.45) is 17.8 Å². The van der Waals surface area contributed by atoms with Crippen LogP contribution >= 0.6 is 0 Å². The highest BCUT2D eigenvalue weighted by Crippen LogP contribution is 2.55. The third-order valence-electron chi connectivity index (χ3n) is 5.90. The molecule has 0 radical (unpaired) electrons. The number of ketones is 1. The minimum absolute atomic E-state index is 0.234. The maximum atomic E-state index is 13.0. The molecule has 1 aromatic carbocycles. The first kappa shape index (κ1) is 13.7. The molecule has 0 amide bonds. The summed E-state index contributed by atoms with van der Waals surface area (Å²) in [5, 5.41) is 0. The van der Waals surface area contributed by atoms with Gasteiger partial charge in [-0.1, -0.05) is 19.9 Å². The van der Waals surface area contributed by atoms with E-state index in [1.165, 1.54) is 11.1 Å². The first-order valence-corrected chi connectivity index (χ1v) is 7.75. The number of carbonyl (C=O) groups excluding carboxylic acids is 1. The third kappa shape index (κ3) is 1.60. The van der Waals surface area contributed by atoms with Crippen LogP contribution in [0.15, 0.2) is 18.2 Å². The molecule has 1 saturated carbocycles. The molecule has 108 valence electrons. The Hall–Kier alpha value is -1.31. The van der Waals surface area contributed by atoms with Crippen molar-refractivity contribution in [3.8, 4) is 5.75 Å². The van der Waals surface area contributed by atoms with Gasteiger partial charge in [-0.05, 0) is 61.3 Å². The molecule has 1 aromatic rings. The minimum atomic E-state index is -0.278. The maximum absolute atomic E-state index is 13.0. The van der Waals surface area contributed by atoms with Gasteiger partial charge in [0, 0.05) is 5.92 Å². The van der Waals surface area contributed by atoms with Crippen LogP contribution < -0.4 is 4.74 Å². The number of Topliss-reactive ketones (excluding diaryl/α,β-unsaturated/α-hetero) is 1. The SMILES string of the molecule is CC[C@@H]1C(=O)[C@]2(C)c3ccc(OC)cc3CC[C@@H]2[C@H]1C. The van der Waals surface area contributed by atoms with Gasteiger partial charge in [0.05, 0.1) is 12.5 Å². The lowest BCUT2D eigenvalue weighted by atomic mass is 9.64. The van der Waals surface area contributed by atoms with E-state index < -0.39 is 0 Å². The minimum Gasteiger partial charge on any atom is -0.497 e. The lowest BCUT2D eigenvalue weighted by molar-refractivity contribution is -0.125. The van der Waals surface area contributed by atoms with Crippen LogP contribution in [0.4, 0.5) is 0 Å². The summed E-state index contributed by atoms with van der Waals surface area (Å²) >= 11 is 0. The zero-order chi connectivity index (χ0) is 14.5. The summed E-state index contributed by atoms with van der Waals surface area (Å²) in [4.78, 5) is 13.0. The van der Waals surface area contributed by atoms with Gasteiger partial charge in [-0.25, -0.2) is 0 Å². The average molecular weight is 272 g/mol. The molecule has 2 heteroatoms. The summed E-state index contributed by atoms with van der Waals surface area (Å²) in [5.74, 6) is 2.60. The molecule has 3 rings (SSSR count). The molecular weight excluding hydrogens is 248 g/mol. The second-order valence-electron chi connectivity index (χ2n) is 6.61. The standard InChI is InChI=1S/C18H24O2/c1-5-14-11(2)15-8-6-12-10-13(20-4)7-9-16(12)18(15,3)17(14)19/h7,9-11,14-15H,5-6,8H2,1-4H3/t11-,14-,15+,18-/m0/s1. The Morgan fingerprint density at radius 3 is 2.80 bits per heavy atom. The Morgan fingerprint density at radius 2 is 2.15 bits per heavy atom. The number of methoxy groups -OCH3 is 1. The van der Waals surface area contributed by atoms with Gasteiger partial charge in [-0.3, -0.25) is 4.79 Å². The summed E-state index contributed by atoms with van der Waals surface area (Å²) < 4.78 is 5.33. The second-order valence-corrected chi connectivity index (χ2v) is 6.61. The summed E-state index contributed by atoms with van der Waals surface area (Å²) in [6.45, 7) is 6.60. The molecule has 0 unspecified atom stereocenters. The molecule has 2 aliphatic carbocycles. The summed E-state index contributed by atoms with van der Waals surface area (Å²) in [6, 6.07) is 6.25. The van der Waals surface area contributed by atoms with E-state index in [1.807, 2.05) is 6.07 Å². The van der Waals surface area contributed by atoms with Crippen molar-refractivity contribution in [1.29, 1.82) is 0 Å². The van der Waals surface area contributed by atoms with Crippen molar-refractivity contribution in [3.63, 3.8) is 0 Å². The fourth-order valence-corrected chi connectivity index (χ4v) is 4.78. The molecule has 0 bridgehead atoms. The van der Waals surface area contributed by atoms with Gasteiger partial charge in [0.2, 0.25) is 0 Å². The van der Waals surface area contributed by atoms with Gasteiger partial charge in [-0.15, -0.1) is 0 Å². The predicted molar refractivity (Wildman–Crippen MR) is 80.1 cm³/mol. The molecule has 20 heavy (non-hydrogen) atoms. The topological polar surface area (TPSA) is 26.3 Å². The number of fused-ring (bicyclic) bond motifs is 3. The number of rotatable bonds is 2. The van der Waals surface area contributed by atoms with Crippen LogP contribution in [0.25, 0.3) is 0 Å². The molecule has 2 nitrogen and oxygen atoms in total. The van der Waals surface area contributed by atoms with Crippen LogP contribution in [-0.2, 0) is 16.6 Å². The number of hydrogen-bond acceptors (Lipinski definition) is 2. The van der Waals surface area contributed by atoms with Gasteiger partial charge in [0.25, 0.3) is 0 Å². The Morgan fingerprint density at radius 1 is 1.40 bits per heavy atom. The zero-order valence-electron chi connectivity index (χ0n) is 12.9. The first-order valence-electron chi connectivity index (χ1n) is 7.75. The number of aryl methyl sites for hydroxylation is 1. The van der Waals surface area contributed by atoms with E-state index in [1.54, 1.807) is 7.11 Å². The fraction of sp³-hybridized carbons (Fsp3) is 0.611. The largest absolute Gasteiger partial charge is 0.497 e. The van der Waals surface area contributed by atoms with Gasteiger partial charge >= 0.3 is 0 Å². The molecule has 2 aliphatic rings. The maximum Gasteiger partial charge on any atom is 0.146 e. The van der Waals surface area contributed by atoms with E-state index in [0.29, 0.717) is 17.6 Å². The van der Waals surface area contributed by atoms with E-state index in [9.17, 15) is 4.79 Å². The average Bonchev–Trinajstić information content (AvgIpc) is 2.66. The predicted octanol–water partition coefficient (Wildman–Crippen LogP) is 3.76.